The first kappa shape index (κ1) is 18.3. The van der Waals surface area contributed by atoms with Crippen LogP contribution in [0.5, 0.6) is 11.5 Å². The van der Waals surface area contributed by atoms with Gasteiger partial charge in [0.05, 0.1) is 19.8 Å². The first-order valence-corrected chi connectivity index (χ1v) is 9.81. The van der Waals surface area contributed by atoms with Gasteiger partial charge in [0.15, 0.2) is 11.5 Å². The highest BCUT2D eigenvalue weighted by Crippen LogP contribution is 2.36. The van der Waals surface area contributed by atoms with Gasteiger partial charge < -0.3 is 13.9 Å². The van der Waals surface area contributed by atoms with Gasteiger partial charge in [-0.25, -0.2) is 0 Å². The average molecular weight is 486 g/mol. The van der Waals surface area contributed by atoms with Gasteiger partial charge in [0, 0.05) is 14.7 Å². The van der Waals surface area contributed by atoms with Gasteiger partial charge in [-0.1, -0.05) is 39.8 Å². The summed E-state index contributed by atoms with van der Waals surface area (Å²) >= 11 is 8.50. The van der Waals surface area contributed by atoms with Crippen LogP contribution in [-0.4, -0.2) is 24.4 Å². The molecule has 1 heterocycles. The largest absolute Gasteiger partial charge is 0.493 e. The summed E-state index contributed by atoms with van der Waals surface area (Å²) in [6.07, 6.45) is 0. The van der Waals surface area contributed by atoms with Crippen LogP contribution in [0.3, 0.4) is 0 Å². The maximum Gasteiger partial charge on any atom is 0.277 e. The molecule has 0 aliphatic rings. The SMILES string of the molecule is COc1cc(Br)c(CSc2nnc(-c3ccccc3Br)o2)cc1OC. The smallest absolute Gasteiger partial charge is 0.277 e. The number of benzene rings is 2. The molecule has 0 saturated carbocycles. The molecule has 3 rings (SSSR count). The van der Waals surface area contributed by atoms with Crippen LogP contribution >= 0.6 is 43.6 Å². The topological polar surface area (TPSA) is 57.4 Å². The van der Waals surface area contributed by atoms with Crippen molar-refractivity contribution >= 4 is 43.6 Å². The number of aromatic nitrogens is 2. The maximum absolute atomic E-state index is 5.75. The summed E-state index contributed by atoms with van der Waals surface area (Å²) < 4.78 is 18.2. The minimum absolute atomic E-state index is 0.487. The number of hydrogen-bond acceptors (Lipinski definition) is 6. The monoisotopic (exact) mass is 484 g/mol. The van der Waals surface area contributed by atoms with Crippen molar-refractivity contribution in [2.75, 3.05) is 14.2 Å². The third-order valence-corrected chi connectivity index (χ3v) is 5.71. The molecule has 0 bridgehead atoms. The summed E-state index contributed by atoms with van der Waals surface area (Å²) in [6.45, 7) is 0. The van der Waals surface area contributed by atoms with Gasteiger partial charge >= 0.3 is 0 Å². The van der Waals surface area contributed by atoms with Crippen molar-refractivity contribution in [3.05, 3.63) is 50.9 Å². The van der Waals surface area contributed by atoms with Crippen molar-refractivity contribution < 1.29 is 13.9 Å². The Kier molecular flexibility index (Phi) is 6.03. The van der Waals surface area contributed by atoms with Gasteiger partial charge in [0.25, 0.3) is 5.22 Å². The molecule has 25 heavy (non-hydrogen) atoms. The van der Waals surface area contributed by atoms with Gasteiger partial charge in [0.2, 0.25) is 5.89 Å². The van der Waals surface area contributed by atoms with Crippen LogP contribution in [0.2, 0.25) is 0 Å². The lowest BCUT2D eigenvalue weighted by atomic mass is 10.2. The third-order valence-electron chi connectivity index (χ3n) is 3.41. The molecule has 0 amide bonds. The number of thioether (sulfide) groups is 1. The summed E-state index contributed by atoms with van der Waals surface area (Å²) in [6, 6.07) is 11.5. The van der Waals surface area contributed by atoms with Crippen LogP contribution in [0.1, 0.15) is 5.56 Å². The Balaban J connectivity index is 1.76. The molecular weight excluding hydrogens is 472 g/mol. The van der Waals surface area contributed by atoms with Gasteiger partial charge in [-0.15, -0.1) is 10.2 Å². The average Bonchev–Trinajstić information content (AvgIpc) is 3.09. The van der Waals surface area contributed by atoms with E-state index in [1.54, 1.807) is 14.2 Å². The maximum atomic E-state index is 5.75. The standard InChI is InChI=1S/C17H14Br2N2O3S/c1-22-14-7-10(13(19)8-15(14)23-2)9-25-17-21-20-16(24-17)11-5-3-4-6-12(11)18/h3-8H,9H2,1-2H3. The first-order chi connectivity index (χ1) is 12.1. The summed E-state index contributed by atoms with van der Waals surface area (Å²) in [7, 11) is 3.23. The van der Waals surface area contributed by atoms with Crippen LogP contribution in [0.25, 0.3) is 11.5 Å². The normalized spacial score (nSPS) is 10.7. The molecule has 2 aromatic carbocycles. The number of nitrogens with zero attached hydrogens (tertiary/aromatic N) is 2. The molecule has 0 aliphatic heterocycles. The molecular formula is C17H14Br2N2O3S. The Labute approximate surface area is 166 Å². The number of halogens is 2. The highest BCUT2D eigenvalue weighted by Gasteiger charge is 2.14. The highest BCUT2D eigenvalue weighted by atomic mass is 79.9. The van der Waals surface area contributed by atoms with E-state index in [0.29, 0.717) is 28.4 Å². The molecule has 5 nitrogen and oxygen atoms in total. The van der Waals surface area contributed by atoms with E-state index < -0.39 is 0 Å². The van der Waals surface area contributed by atoms with E-state index in [1.165, 1.54) is 11.8 Å². The minimum atomic E-state index is 0.487. The predicted molar refractivity (Wildman–Crippen MR) is 104 cm³/mol. The number of rotatable bonds is 6. The van der Waals surface area contributed by atoms with Crippen LogP contribution in [-0.2, 0) is 5.75 Å². The summed E-state index contributed by atoms with van der Waals surface area (Å²) in [5.41, 5.74) is 1.91. The van der Waals surface area contributed by atoms with Crippen LogP contribution in [0.15, 0.2) is 55.0 Å². The van der Waals surface area contributed by atoms with Crippen molar-refractivity contribution in [3.63, 3.8) is 0 Å². The summed E-state index contributed by atoms with van der Waals surface area (Å²) in [5, 5.41) is 8.74. The van der Waals surface area contributed by atoms with E-state index in [-0.39, 0.29) is 0 Å². The second kappa shape index (κ2) is 8.25. The molecule has 0 N–H and O–H groups in total. The fourth-order valence-corrected chi connectivity index (χ4v) is 4.01. The Morgan fingerprint density at radius 3 is 2.44 bits per heavy atom. The van der Waals surface area contributed by atoms with Crippen molar-refractivity contribution in [2.45, 2.75) is 11.0 Å². The number of methoxy groups -OCH3 is 2. The zero-order valence-electron chi connectivity index (χ0n) is 13.5. The van der Waals surface area contributed by atoms with Crippen molar-refractivity contribution in [1.29, 1.82) is 0 Å². The highest BCUT2D eigenvalue weighted by molar-refractivity contribution is 9.10. The van der Waals surface area contributed by atoms with Gasteiger partial charge in [-0.05, 0) is 45.8 Å². The lowest BCUT2D eigenvalue weighted by Crippen LogP contribution is -1.93. The molecule has 0 radical (unpaired) electrons. The Morgan fingerprint density at radius 2 is 1.72 bits per heavy atom. The van der Waals surface area contributed by atoms with E-state index >= 15 is 0 Å². The van der Waals surface area contributed by atoms with E-state index in [1.807, 2.05) is 36.4 Å². The molecule has 3 aromatic rings. The van der Waals surface area contributed by atoms with Crippen LogP contribution < -0.4 is 9.47 Å². The molecule has 0 aliphatic carbocycles. The second-order valence-electron chi connectivity index (χ2n) is 4.94. The van der Waals surface area contributed by atoms with Gasteiger partial charge in [-0.3, -0.25) is 0 Å². The van der Waals surface area contributed by atoms with Crippen molar-refractivity contribution in [3.8, 4) is 23.0 Å². The molecule has 8 heteroatoms. The minimum Gasteiger partial charge on any atom is -0.493 e. The third kappa shape index (κ3) is 4.19. The lowest BCUT2D eigenvalue weighted by molar-refractivity contribution is 0.354. The van der Waals surface area contributed by atoms with Crippen molar-refractivity contribution in [1.82, 2.24) is 10.2 Å². The van der Waals surface area contributed by atoms with Gasteiger partial charge in [0.1, 0.15) is 0 Å². The summed E-state index contributed by atoms with van der Waals surface area (Å²) in [5.74, 6) is 2.50. The lowest BCUT2D eigenvalue weighted by Gasteiger charge is -2.11. The molecule has 0 unspecified atom stereocenters. The second-order valence-corrected chi connectivity index (χ2v) is 7.58. The van der Waals surface area contributed by atoms with Gasteiger partial charge in [-0.2, -0.15) is 0 Å². The Hall–Kier alpha value is -1.51. The van der Waals surface area contributed by atoms with Crippen LogP contribution in [0, 0.1) is 0 Å². The van der Waals surface area contributed by atoms with E-state index in [2.05, 4.69) is 42.1 Å². The quantitative estimate of drug-likeness (QED) is 0.425. The number of hydrogen-bond donors (Lipinski definition) is 0. The van der Waals surface area contributed by atoms with Crippen LogP contribution in [0.4, 0.5) is 0 Å². The zero-order chi connectivity index (χ0) is 17.8. The number of ether oxygens (including phenoxy) is 2. The fraction of sp³-hybridized carbons (Fsp3) is 0.176. The Morgan fingerprint density at radius 1 is 1.00 bits per heavy atom. The molecule has 0 fully saturated rings. The molecule has 0 spiro atoms. The summed E-state index contributed by atoms with van der Waals surface area (Å²) in [4.78, 5) is 0. The molecule has 1 aromatic heterocycles. The van der Waals surface area contributed by atoms with E-state index in [4.69, 9.17) is 13.9 Å². The molecule has 130 valence electrons. The fourth-order valence-electron chi connectivity index (χ4n) is 2.16. The zero-order valence-corrected chi connectivity index (χ0v) is 17.4. The van der Waals surface area contributed by atoms with Crippen molar-refractivity contribution in [2.24, 2.45) is 0 Å². The molecule has 0 saturated heterocycles. The van der Waals surface area contributed by atoms with E-state index in [0.717, 1.165) is 20.1 Å². The predicted octanol–water partition coefficient (Wildman–Crippen LogP) is 5.57. The molecule has 0 atom stereocenters. The first-order valence-electron chi connectivity index (χ1n) is 7.24. The van der Waals surface area contributed by atoms with E-state index in [9.17, 15) is 0 Å². The Bertz CT molecular complexity index is 886.